The van der Waals surface area contributed by atoms with Gasteiger partial charge in [0.1, 0.15) is 5.60 Å². The second kappa shape index (κ2) is 10.9. The highest BCUT2D eigenvalue weighted by atomic mass is 19.4. The number of halogens is 6. The summed E-state index contributed by atoms with van der Waals surface area (Å²) in [5, 5.41) is 10.4. The molecule has 1 aliphatic rings. The molecule has 2 aromatic carbocycles. The molecular formula is C27H31F6NO4. The van der Waals surface area contributed by atoms with E-state index < -0.39 is 52.8 Å². The number of ether oxygens (including phenoxy) is 2. The van der Waals surface area contributed by atoms with Gasteiger partial charge in [0, 0.05) is 6.54 Å². The minimum Gasteiger partial charge on any atom is -0.454 e. The molecule has 0 bridgehead atoms. The summed E-state index contributed by atoms with van der Waals surface area (Å²) in [7, 11) is 0. The minimum absolute atomic E-state index is 0.0735. The van der Waals surface area contributed by atoms with Crippen LogP contribution in [0.15, 0.2) is 48.5 Å². The smallest absolute Gasteiger partial charge is 0.416 e. The molecule has 1 fully saturated rings. The van der Waals surface area contributed by atoms with E-state index in [2.05, 4.69) is 0 Å². The molecule has 1 saturated heterocycles. The summed E-state index contributed by atoms with van der Waals surface area (Å²) in [5.74, 6) is -0.568. The first kappa shape index (κ1) is 29.9. The number of morpholine rings is 1. The standard InChI is InChI=1S/C27H31F6NO4/c1-5-25(18(3)35)15-34(14-23(36)38-25)24(4,20-9-7-6-8-10-20)16-37-17(2)19-11-21(26(28,29)30)13-22(12-19)27(31,32)33/h6-13,17-18,35H,5,14-16H2,1-4H3/t17-,18?,24-,25-/m1/s1. The summed E-state index contributed by atoms with van der Waals surface area (Å²) in [6.07, 6.45) is -11.8. The van der Waals surface area contributed by atoms with E-state index in [-0.39, 0.29) is 31.3 Å². The zero-order chi connectivity index (χ0) is 28.5. The van der Waals surface area contributed by atoms with Gasteiger partial charge in [0.2, 0.25) is 0 Å². The van der Waals surface area contributed by atoms with Gasteiger partial charge in [-0.1, -0.05) is 37.3 Å². The highest BCUT2D eigenvalue weighted by molar-refractivity contribution is 5.73. The molecule has 210 valence electrons. The normalized spacial score (nSPS) is 22.4. The van der Waals surface area contributed by atoms with Gasteiger partial charge in [-0.15, -0.1) is 0 Å². The summed E-state index contributed by atoms with van der Waals surface area (Å²) < 4.78 is 91.7. The quantitative estimate of drug-likeness (QED) is 0.320. The number of alkyl halides is 6. The molecule has 0 saturated carbocycles. The number of cyclic esters (lactones) is 1. The van der Waals surface area contributed by atoms with Crippen molar-refractivity contribution in [1.82, 2.24) is 4.90 Å². The van der Waals surface area contributed by atoms with Crippen LogP contribution < -0.4 is 0 Å². The van der Waals surface area contributed by atoms with Crippen LogP contribution in [0.3, 0.4) is 0 Å². The molecule has 2 aromatic rings. The Morgan fingerprint density at radius 2 is 1.55 bits per heavy atom. The zero-order valence-electron chi connectivity index (χ0n) is 21.5. The maximum Gasteiger partial charge on any atom is 0.416 e. The Hall–Kier alpha value is -2.63. The van der Waals surface area contributed by atoms with Gasteiger partial charge in [0.05, 0.1) is 42.0 Å². The Morgan fingerprint density at radius 3 is 2.03 bits per heavy atom. The lowest BCUT2D eigenvalue weighted by atomic mass is 9.85. The van der Waals surface area contributed by atoms with E-state index in [1.54, 1.807) is 49.1 Å². The third-order valence-electron chi connectivity index (χ3n) is 7.24. The third-order valence-corrected chi connectivity index (χ3v) is 7.24. The van der Waals surface area contributed by atoms with Crippen LogP contribution >= 0.6 is 0 Å². The second-order valence-electron chi connectivity index (χ2n) is 9.86. The van der Waals surface area contributed by atoms with E-state index in [9.17, 15) is 36.2 Å². The van der Waals surface area contributed by atoms with Crippen molar-refractivity contribution in [3.63, 3.8) is 0 Å². The Morgan fingerprint density at radius 1 is 1.00 bits per heavy atom. The van der Waals surface area contributed by atoms with E-state index in [1.807, 2.05) is 0 Å². The van der Waals surface area contributed by atoms with Crippen molar-refractivity contribution in [1.29, 1.82) is 0 Å². The Labute approximate surface area is 217 Å². The van der Waals surface area contributed by atoms with Gasteiger partial charge in [0.15, 0.2) is 0 Å². The number of hydrogen-bond acceptors (Lipinski definition) is 5. The number of carbonyl (C=O) groups excluding carboxylic acids is 1. The van der Waals surface area contributed by atoms with Gasteiger partial charge in [-0.05, 0) is 56.5 Å². The first-order valence-electron chi connectivity index (χ1n) is 12.1. The van der Waals surface area contributed by atoms with Gasteiger partial charge in [-0.2, -0.15) is 26.3 Å². The highest BCUT2D eigenvalue weighted by Crippen LogP contribution is 2.40. The number of rotatable bonds is 8. The van der Waals surface area contributed by atoms with Crippen molar-refractivity contribution in [2.45, 2.75) is 69.8 Å². The maximum absolute atomic E-state index is 13.4. The predicted molar refractivity (Wildman–Crippen MR) is 127 cm³/mol. The van der Waals surface area contributed by atoms with Crippen LogP contribution in [0.25, 0.3) is 0 Å². The fraction of sp³-hybridized carbons (Fsp3) is 0.519. The fourth-order valence-electron chi connectivity index (χ4n) is 4.62. The summed E-state index contributed by atoms with van der Waals surface area (Å²) in [4.78, 5) is 14.4. The van der Waals surface area contributed by atoms with Crippen LogP contribution in [0.2, 0.25) is 0 Å². The Balaban J connectivity index is 1.98. The number of benzene rings is 2. The molecule has 0 amide bonds. The molecule has 38 heavy (non-hydrogen) atoms. The van der Waals surface area contributed by atoms with Gasteiger partial charge in [0.25, 0.3) is 0 Å². The topological polar surface area (TPSA) is 59.0 Å². The van der Waals surface area contributed by atoms with Crippen LogP contribution in [0.5, 0.6) is 0 Å². The van der Waals surface area contributed by atoms with Crippen LogP contribution in [0.1, 0.15) is 62.5 Å². The molecule has 1 heterocycles. The van der Waals surface area contributed by atoms with E-state index >= 15 is 0 Å². The number of aliphatic hydroxyl groups excluding tert-OH is 1. The van der Waals surface area contributed by atoms with Gasteiger partial charge in [-0.3, -0.25) is 9.69 Å². The monoisotopic (exact) mass is 547 g/mol. The van der Waals surface area contributed by atoms with E-state index in [0.717, 1.165) is 0 Å². The Bertz CT molecular complexity index is 1090. The van der Waals surface area contributed by atoms with Crippen LogP contribution in [-0.2, 0) is 32.2 Å². The minimum atomic E-state index is -4.98. The van der Waals surface area contributed by atoms with Crippen molar-refractivity contribution in [2.75, 3.05) is 19.7 Å². The molecule has 1 unspecified atom stereocenters. The number of hydrogen-bond donors (Lipinski definition) is 1. The molecule has 3 rings (SSSR count). The lowest BCUT2D eigenvalue weighted by molar-refractivity contribution is -0.202. The lowest BCUT2D eigenvalue weighted by Crippen LogP contribution is -2.64. The predicted octanol–water partition coefficient (Wildman–Crippen LogP) is 6.11. The van der Waals surface area contributed by atoms with Crippen LogP contribution in [0, 0.1) is 0 Å². The van der Waals surface area contributed by atoms with Gasteiger partial charge >= 0.3 is 18.3 Å². The SMILES string of the molecule is CC[C@]1(C(C)O)CN([C@](C)(CO[C@H](C)c2cc(C(F)(F)F)cc(C(F)(F)F)c2)c2ccccc2)CC(=O)O1. The molecular weight excluding hydrogens is 516 g/mol. The number of nitrogens with zero attached hydrogens (tertiary/aromatic N) is 1. The summed E-state index contributed by atoms with van der Waals surface area (Å²) >= 11 is 0. The number of esters is 1. The average Bonchev–Trinajstić information content (AvgIpc) is 2.85. The molecule has 5 nitrogen and oxygen atoms in total. The van der Waals surface area contributed by atoms with Crippen molar-refractivity contribution in [2.24, 2.45) is 0 Å². The molecule has 0 aliphatic carbocycles. The van der Waals surface area contributed by atoms with Gasteiger partial charge < -0.3 is 14.6 Å². The molecule has 0 aromatic heterocycles. The third kappa shape index (κ3) is 6.32. The first-order valence-corrected chi connectivity index (χ1v) is 12.1. The first-order chi connectivity index (χ1) is 17.5. The molecule has 1 N–H and O–H groups in total. The van der Waals surface area contributed by atoms with E-state index in [4.69, 9.17) is 9.47 Å². The second-order valence-corrected chi connectivity index (χ2v) is 9.86. The van der Waals surface area contributed by atoms with Crippen molar-refractivity contribution in [3.8, 4) is 0 Å². The Kier molecular flexibility index (Phi) is 8.55. The molecule has 1 aliphatic heterocycles. The zero-order valence-corrected chi connectivity index (χ0v) is 21.5. The molecule has 0 radical (unpaired) electrons. The highest BCUT2D eigenvalue weighted by Gasteiger charge is 2.49. The molecule has 0 spiro atoms. The van der Waals surface area contributed by atoms with Crippen molar-refractivity contribution >= 4 is 5.97 Å². The van der Waals surface area contributed by atoms with Crippen molar-refractivity contribution in [3.05, 3.63) is 70.8 Å². The lowest BCUT2D eigenvalue weighted by Gasteiger charge is -2.50. The summed E-state index contributed by atoms with van der Waals surface area (Å²) in [6, 6.07) is 10.3. The largest absolute Gasteiger partial charge is 0.454 e. The summed E-state index contributed by atoms with van der Waals surface area (Å²) in [5.41, 5.74) is -4.66. The van der Waals surface area contributed by atoms with Crippen molar-refractivity contribution < 1.29 is 45.7 Å². The van der Waals surface area contributed by atoms with Crippen LogP contribution in [0.4, 0.5) is 26.3 Å². The fourth-order valence-corrected chi connectivity index (χ4v) is 4.62. The molecule has 11 heteroatoms. The molecule has 4 atom stereocenters. The average molecular weight is 548 g/mol. The summed E-state index contributed by atoms with van der Waals surface area (Å²) in [6.45, 7) is 6.24. The number of aliphatic hydroxyl groups is 1. The maximum atomic E-state index is 13.4. The number of carbonyl (C=O) groups is 1. The van der Waals surface area contributed by atoms with E-state index in [1.165, 1.54) is 13.8 Å². The van der Waals surface area contributed by atoms with Gasteiger partial charge in [-0.25, -0.2) is 0 Å². The van der Waals surface area contributed by atoms with E-state index in [0.29, 0.717) is 24.1 Å². The van der Waals surface area contributed by atoms with Crippen LogP contribution in [-0.4, -0.2) is 47.4 Å².